The molecule has 0 spiro atoms. The molecule has 0 aliphatic heterocycles. The van der Waals surface area contributed by atoms with Gasteiger partial charge in [-0.1, -0.05) is 17.7 Å². The van der Waals surface area contributed by atoms with E-state index in [9.17, 15) is 0 Å². The highest BCUT2D eigenvalue weighted by Crippen LogP contribution is 2.24. The van der Waals surface area contributed by atoms with E-state index in [1.54, 1.807) is 0 Å². The molecule has 1 aromatic carbocycles. The molecule has 0 fully saturated rings. The molecular weight excluding hydrogens is 198 g/mol. The first-order valence-electron chi connectivity index (χ1n) is 4.56. The number of benzene rings is 1. The van der Waals surface area contributed by atoms with Gasteiger partial charge >= 0.3 is 0 Å². The Balaban J connectivity index is 0.00000169. The van der Waals surface area contributed by atoms with Gasteiger partial charge in [0.1, 0.15) is 12.4 Å². The van der Waals surface area contributed by atoms with Crippen molar-refractivity contribution >= 4 is 12.4 Å². The minimum absolute atomic E-state index is 0. The van der Waals surface area contributed by atoms with Crippen molar-refractivity contribution in [1.82, 2.24) is 0 Å². The quantitative estimate of drug-likeness (QED) is 0.841. The maximum atomic E-state index is 5.55. The topological polar surface area (TPSA) is 35.2 Å². The molecule has 2 N–H and O–H groups in total. The summed E-state index contributed by atoms with van der Waals surface area (Å²) in [4.78, 5) is 0. The normalized spacial score (nSPS) is 9.43. The zero-order valence-corrected chi connectivity index (χ0v) is 9.78. The fraction of sp³-hybridized carbons (Fsp3) is 0.455. The molecule has 0 heterocycles. The van der Waals surface area contributed by atoms with Crippen molar-refractivity contribution in [2.45, 2.75) is 20.8 Å². The molecule has 0 aliphatic carbocycles. The first kappa shape index (κ1) is 13.3. The summed E-state index contributed by atoms with van der Waals surface area (Å²) in [5.74, 6) is 0.982. The number of nitrogens with two attached hydrogens (primary N) is 1. The molecule has 0 saturated heterocycles. The molecule has 14 heavy (non-hydrogen) atoms. The molecular formula is C11H18ClNO. The summed E-state index contributed by atoms with van der Waals surface area (Å²) >= 11 is 0. The second-order valence-corrected chi connectivity index (χ2v) is 3.36. The van der Waals surface area contributed by atoms with Gasteiger partial charge in [-0.2, -0.15) is 0 Å². The second kappa shape index (κ2) is 5.89. The maximum Gasteiger partial charge on any atom is 0.125 e. The average Bonchev–Trinajstić information content (AvgIpc) is 2.02. The van der Waals surface area contributed by atoms with E-state index in [0.29, 0.717) is 13.2 Å². The third-order valence-electron chi connectivity index (χ3n) is 1.97. The summed E-state index contributed by atoms with van der Waals surface area (Å²) in [5.41, 5.74) is 9.03. The molecule has 3 heteroatoms. The van der Waals surface area contributed by atoms with Crippen LogP contribution in [0.25, 0.3) is 0 Å². The highest BCUT2D eigenvalue weighted by atomic mass is 35.5. The monoisotopic (exact) mass is 215 g/mol. The summed E-state index contributed by atoms with van der Waals surface area (Å²) in [7, 11) is 0. The Morgan fingerprint density at radius 1 is 1.14 bits per heavy atom. The van der Waals surface area contributed by atoms with Crippen LogP contribution < -0.4 is 10.5 Å². The Kier molecular flexibility index (Phi) is 5.58. The molecule has 0 aliphatic rings. The number of ether oxygens (including phenoxy) is 1. The van der Waals surface area contributed by atoms with Crippen LogP contribution in [-0.4, -0.2) is 13.2 Å². The Labute approximate surface area is 91.9 Å². The van der Waals surface area contributed by atoms with Crippen molar-refractivity contribution in [2.24, 2.45) is 5.73 Å². The number of hydrogen-bond donors (Lipinski definition) is 1. The van der Waals surface area contributed by atoms with Gasteiger partial charge < -0.3 is 10.5 Å². The van der Waals surface area contributed by atoms with E-state index < -0.39 is 0 Å². The first-order valence-corrected chi connectivity index (χ1v) is 4.56. The SMILES string of the molecule is Cc1cc(C)c(OCCN)c(C)c1.Cl. The van der Waals surface area contributed by atoms with Gasteiger partial charge in [0.2, 0.25) is 0 Å². The van der Waals surface area contributed by atoms with Crippen molar-refractivity contribution in [3.8, 4) is 5.75 Å². The predicted octanol–water partition coefficient (Wildman–Crippen LogP) is 2.37. The molecule has 2 nitrogen and oxygen atoms in total. The summed E-state index contributed by atoms with van der Waals surface area (Å²) in [6, 6.07) is 4.25. The lowest BCUT2D eigenvalue weighted by atomic mass is 10.1. The zero-order chi connectivity index (χ0) is 9.84. The molecule has 1 aromatic rings. The fourth-order valence-electron chi connectivity index (χ4n) is 1.56. The van der Waals surface area contributed by atoms with Gasteiger partial charge in [-0.05, 0) is 31.9 Å². The van der Waals surface area contributed by atoms with Crippen LogP contribution in [0.5, 0.6) is 5.75 Å². The molecule has 0 atom stereocenters. The van der Waals surface area contributed by atoms with E-state index >= 15 is 0 Å². The van der Waals surface area contributed by atoms with Crippen molar-refractivity contribution < 1.29 is 4.74 Å². The van der Waals surface area contributed by atoms with Crippen LogP contribution in [-0.2, 0) is 0 Å². The largest absolute Gasteiger partial charge is 0.492 e. The van der Waals surface area contributed by atoms with Crippen molar-refractivity contribution in [3.63, 3.8) is 0 Å². The Morgan fingerprint density at radius 2 is 1.64 bits per heavy atom. The van der Waals surface area contributed by atoms with Crippen LogP contribution >= 0.6 is 12.4 Å². The summed E-state index contributed by atoms with van der Waals surface area (Å²) in [5, 5.41) is 0. The summed E-state index contributed by atoms with van der Waals surface area (Å²) < 4.78 is 5.55. The summed E-state index contributed by atoms with van der Waals surface area (Å²) in [6.07, 6.45) is 0. The van der Waals surface area contributed by atoms with Gasteiger partial charge in [0.15, 0.2) is 0 Å². The lowest BCUT2D eigenvalue weighted by Crippen LogP contribution is -2.11. The third-order valence-corrected chi connectivity index (χ3v) is 1.97. The fourth-order valence-corrected chi connectivity index (χ4v) is 1.56. The van der Waals surface area contributed by atoms with Crippen molar-refractivity contribution in [2.75, 3.05) is 13.2 Å². The Bertz CT molecular complexity index is 276. The first-order chi connectivity index (χ1) is 6.15. The number of rotatable bonds is 3. The molecule has 80 valence electrons. The van der Waals surface area contributed by atoms with Gasteiger partial charge in [-0.3, -0.25) is 0 Å². The predicted molar refractivity (Wildman–Crippen MR) is 62.5 cm³/mol. The Morgan fingerprint density at radius 3 is 2.07 bits per heavy atom. The van der Waals surface area contributed by atoms with Gasteiger partial charge in [0.25, 0.3) is 0 Å². The Hall–Kier alpha value is -0.730. The van der Waals surface area contributed by atoms with E-state index in [4.69, 9.17) is 10.5 Å². The van der Waals surface area contributed by atoms with E-state index in [1.165, 1.54) is 16.7 Å². The van der Waals surface area contributed by atoms with Crippen molar-refractivity contribution in [3.05, 3.63) is 28.8 Å². The van der Waals surface area contributed by atoms with Gasteiger partial charge in [-0.15, -0.1) is 12.4 Å². The van der Waals surface area contributed by atoms with E-state index in [1.807, 2.05) is 0 Å². The summed E-state index contributed by atoms with van der Waals surface area (Å²) in [6.45, 7) is 7.36. The molecule has 0 radical (unpaired) electrons. The third kappa shape index (κ3) is 3.20. The van der Waals surface area contributed by atoms with Crippen LogP contribution in [0.1, 0.15) is 16.7 Å². The van der Waals surface area contributed by atoms with Crippen LogP contribution in [0, 0.1) is 20.8 Å². The maximum absolute atomic E-state index is 5.55. The average molecular weight is 216 g/mol. The smallest absolute Gasteiger partial charge is 0.125 e. The van der Waals surface area contributed by atoms with Crippen LogP contribution in [0.3, 0.4) is 0 Å². The van der Waals surface area contributed by atoms with Gasteiger partial charge in [0.05, 0.1) is 0 Å². The molecule has 1 rings (SSSR count). The van der Waals surface area contributed by atoms with Crippen LogP contribution in [0.15, 0.2) is 12.1 Å². The minimum atomic E-state index is 0. The molecule has 0 unspecified atom stereocenters. The van der Waals surface area contributed by atoms with Gasteiger partial charge in [0, 0.05) is 6.54 Å². The standard InChI is InChI=1S/C11H17NO.ClH/c1-8-6-9(2)11(10(3)7-8)13-5-4-12;/h6-7H,4-5,12H2,1-3H3;1H. The number of hydrogen-bond acceptors (Lipinski definition) is 2. The van der Waals surface area contributed by atoms with Crippen LogP contribution in [0.4, 0.5) is 0 Å². The van der Waals surface area contributed by atoms with E-state index in [2.05, 4.69) is 32.9 Å². The highest BCUT2D eigenvalue weighted by molar-refractivity contribution is 5.85. The molecule has 0 bridgehead atoms. The second-order valence-electron chi connectivity index (χ2n) is 3.36. The van der Waals surface area contributed by atoms with E-state index in [-0.39, 0.29) is 12.4 Å². The van der Waals surface area contributed by atoms with Crippen molar-refractivity contribution in [1.29, 1.82) is 0 Å². The number of halogens is 1. The lowest BCUT2D eigenvalue weighted by Gasteiger charge is -2.11. The molecule has 0 amide bonds. The molecule has 0 saturated carbocycles. The van der Waals surface area contributed by atoms with Crippen LogP contribution in [0.2, 0.25) is 0 Å². The zero-order valence-electron chi connectivity index (χ0n) is 8.96. The van der Waals surface area contributed by atoms with Gasteiger partial charge in [-0.25, -0.2) is 0 Å². The molecule has 0 aromatic heterocycles. The van der Waals surface area contributed by atoms with E-state index in [0.717, 1.165) is 5.75 Å². The number of aryl methyl sites for hydroxylation is 3. The minimum Gasteiger partial charge on any atom is -0.492 e. The lowest BCUT2D eigenvalue weighted by molar-refractivity contribution is 0.324. The highest BCUT2D eigenvalue weighted by Gasteiger charge is 2.03.